The number of hydrogen-bond donors (Lipinski definition) is 4. The van der Waals surface area contributed by atoms with E-state index in [-0.39, 0.29) is 18.6 Å². The summed E-state index contributed by atoms with van der Waals surface area (Å²) in [6, 6.07) is 7.20. The van der Waals surface area contributed by atoms with Gasteiger partial charge in [-0.2, -0.15) is 0 Å². The fraction of sp³-hybridized carbons (Fsp3) is 0.590. The summed E-state index contributed by atoms with van der Waals surface area (Å²) in [5, 5.41) is 18.0. The lowest BCUT2D eigenvalue weighted by Gasteiger charge is -2.36. The molecule has 3 amide bonds. The second-order valence-corrected chi connectivity index (χ2v) is 17.7. The number of hydrogen-bond acceptors (Lipinski definition) is 11. The van der Waals surface area contributed by atoms with Gasteiger partial charge in [-0.05, 0) is 96.8 Å². The normalized spacial score (nSPS) is 23.3. The van der Waals surface area contributed by atoms with Crippen LogP contribution in [0, 0.1) is 11.3 Å². The number of aliphatic hydroxyl groups excluding tert-OH is 1. The molecule has 5 rings (SSSR count). The van der Waals surface area contributed by atoms with Gasteiger partial charge in [-0.25, -0.2) is 10.2 Å². The molecule has 14 nitrogen and oxygen atoms in total. The first-order valence-electron chi connectivity index (χ1n) is 19.0. The van der Waals surface area contributed by atoms with Crippen molar-refractivity contribution in [1.82, 2.24) is 26.1 Å². The summed E-state index contributed by atoms with van der Waals surface area (Å²) >= 11 is 17.1. The number of rotatable bonds is 13. The second kappa shape index (κ2) is 18.7. The summed E-state index contributed by atoms with van der Waals surface area (Å²) in [7, 11) is 0. The zero-order chi connectivity index (χ0) is 40.8. The van der Waals surface area contributed by atoms with Crippen LogP contribution in [0.3, 0.4) is 0 Å². The lowest BCUT2D eigenvalue weighted by atomic mass is 9.72. The highest BCUT2D eigenvalue weighted by molar-refractivity contribution is 6.67. The van der Waals surface area contributed by atoms with Gasteiger partial charge in [-0.3, -0.25) is 29.2 Å². The molecule has 1 aromatic carbocycles. The number of benzene rings is 1. The van der Waals surface area contributed by atoms with Gasteiger partial charge < -0.3 is 30.0 Å². The molecule has 0 spiro atoms. The minimum absolute atomic E-state index is 0.202. The van der Waals surface area contributed by atoms with Gasteiger partial charge in [0.15, 0.2) is 6.10 Å². The molecule has 0 radical (unpaired) electrons. The number of esters is 2. The lowest BCUT2D eigenvalue weighted by molar-refractivity contribution is -0.167. The molecule has 2 aromatic rings. The van der Waals surface area contributed by atoms with Gasteiger partial charge in [0.25, 0.3) is 11.8 Å². The molecular weight excluding hydrogens is 789 g/mol. The third kappa shape index (κ3) is 11.9. The van der Waals surface area contributed by atoms with E-state index in [1.54, 1.807) is 19.9 Å². The van der Waals surface area contributed by atoms with Crippen LogP contribution in [0.25, 0.3) is 17.0 Å². The van der Waals surface area contributed by atoms with Crippen LogP contribution in [-0.4, -0.2) is 92.3 Å². The first kappa shape index (κ1) is 43.4. The predicted octanol–water partition coefficient (Wildman–Crippen LogP) is 5.60. The summed E-state index contributed by atoms with van der Waals surface area (Å²) in [6.45, 7) is 6.72. The number of halogens is 3. The number of hydrazine groups is 1. The maximum Gasteiger partial charge on any atom is 0.407 e. The van der Waals surface area contributed by atoms with Gasteiger partial charge >= 0.3 is 18.0 Å². The quantitative estimate of drug-likeness (QED) is 0.112. The monoisotopic (exact) mass is 837 g/mol. The Bertz CT molecular complexity index is 1790. The minimum Gasteiger partial charge on any atom is -0.460 e. The predicted molar refractivity (Wildman–Crippen MR) is 210 cm³/mol. The first-order chi connectivity index (χ1) is 26.4. The van der Waals surface area contributed by atoms with E-state index >= 15 is 0 Å². The average molecular weight is 839 g/mol. The van der Waals surface area contributed by atoms with E-state index in [0.29, 0.717) is 62.6 Å². The molecule has 17 heteroatoms. The number of alkyl carbamates (subject to hydrolysis) is 1. The van der Waals surface area contributed by atoms with Gasteiger partial charge in [0.1, 0.15) is 18.7 Å². The molecule has 3 fully saturated rings. The van der Waals surface area contributed by atoms with Crippen LogP contribution >= 0.6 is 34.8 Å². The third-order valence-electron chi connectivity index (χ3n) is 10.1. The Kier molecular flexibility index (Phi) is 14.5. The summed E-state index contributed by atoms with van der Waals surface area (Å²) in [5.74, 6) is -2.54. The number of carbonyl (C=O) groups excluding carboxylic acids is 5. The lowest BCUT2D eigenvalue weighted by Crippen LogP contribution is -2.60. The van der Waals surface area contributed by atoms with Crippen molar-refractivity contribution in [2.75, 3.05) is 13.2 Å². The molecule has 2 aliphatic carbocycles. The van der Waals surface area contributed by atoms with Gasteiger partial charge in [0, 0.05) is 17.8 Å². The number of nitrogens with zero attached hydrogens (tertiary/aromatic N) is 2. The SMILES string of the molecule is CC(C)OC(=O)NC(C)c1ccc2ccc(C=CC3(C(=O)OC(C(=O)NC(C)C(=O)N4CCCC(C(=O)OCC(Cl)(Cl)Cl)N4)C4CC4)CCC(O)CC3)cc2n1. The number of aromatic nitrogens is 1. The molecule has 4 N–H and O–H groups in total. The van der Waals surface area contributed by atoms with Crippen molar-refractivity contribution < 1.29 is 43.3 Å². The average Bonchev–Trinajstić information content (AvgIpc) is 4.00. The first-order valence-corrected chi connectivity index (χ1v) is 20.1. The van der Waals surface area contributed by atoms with Crippen molar-refractivity contribution in [3.05, 3.63) is 47.7 Å². The van der Waals surface area contributed by atoms with Gasteiger partial charge in [0.2, 0.25) is 3.79 Å². The van der Waals surface area contributed by atoms with Crippen LogP contribution in [0.5, 0.6) is 0 Å². The van der Waals surface area contributed by atoms with Crippen molar-refractivity contribution in [2.24, 2.45) is 11.3 Å². The van der Waals surface area contributed by atoms with Crippen molar-refractivity contribution in [3.8, 4) is 0 Å². The van der Waals surface area contributed by atoms with Crippen molar-refractivity contribution >= 4 is 81.6 Å². The highest BCUT2D eigenvalue weighted by atomic mass is 35.6. The van der Waals surface area contributed by atoms with Gasteiger partial charge in [-0.15, -0.1) is 0 Å². The number of nitrogens with one attached hydrogen (secondary N) is 3. The molecule has 56 heavy (non-hydrogen) atoms. The summed E-state index contributed by atoms with van der Waals surface area (Å²) < 4.78 is 14.5. The smallest absolute Gasteiger partial charge is 0.407 e. The highest BCUT2D eigenvalue weighted by Crippen LogP contribution is 2.42. The van der Waals surface area contributed by atoms with Crippen molar-refractivity contribution in [1.29, 1.82) is 0 Å². The zero-order valence-corrected chi connectivity index (χ0v) is 34.2. The molecule has 4 unspecified atom stereocenters. The topological polar surface area (TPSA) is 185 Å². The number of amides is 3. The molecule has 0 bridgehead atoms. The van der Waals surface area contributed by atoms with E-state index in [1.165, 1.54) is 11.9 Å². The Morgan fingerprint density at radius 1 is 1.00 bits per heavy atom. The Morgan fingerprint density at radius 2 is 1.70 bits per heavy atom. The molecule has 2 heterocycles. The van der Waals surface area contributed by atoms with Crippen molar-refractivity contribution in [3.63, 3.8) is 0 Å². The summed E-state index contributed by atoms with van der Waals surface area (Å²) in [4.78, 5) is 70.6. The molecule has 4 atom stereocenters. The molecule has 2 saturated carbocycles. The summed E-state index contributed by atoms with van der Waals surface area (Å²) in [5.41, 5.74) is 3.85. The van der Waals surface area contributed by atoms with E-state index in [4.69, 9.17) is 54.0 Å². The minimum atomic E-state index is -1.78. The van der Waals surface area contributed by atoms with E-state index < -0.39 is 76.0 Å². The molecule has 3 aliphatic rings. The molecule has 1 saturated heterocycles. The standard InChI is InChI=1S/C39H50Cl3N5O9/c1-22(2)55-37(53)44-23(3)29-12-11-26-8-7-25(20-31(26)45-29)13-16-38(17-14-28(48)15-18-38)36(52)56-32(27-9-10-27)33(49)43-24(4)34(50)47-19-5-6-30(46-47)35(51)54-21-39(40,41)42/h7-8,11-13,16,20,22-24,27-28,30,32,46,48H,5-6,9-10,14-15,17-19,21H2,1-4H3,(H,43,49)(H,44,53). The van der Waals surface area contributed by atoms with Crippen LogP contribution in [0.15, 0.2) is 36.4 Å². The Hall–Kier alpha value is -3.69. The fourth-order valence-electron chi connectivity index (χ4n) is 6.76. The van der Waals surface area contributed by atoms with Crippen LogP contribution < -0.4 is 16.1 Å². The zero-order valence-electron chi connectivity index (χ0n) is 31.9. The molecular formula is C39H50Cl3N5O9. The number of pyridine rings is 1. The molecule has 1 aromatic heterocycles. The Balaban J connectivity index is 1.25. The third-order valence-corrected chi connectivity index (χ3v) is 10.4. The van der Waals surface area contributed by atoms with E-state index in [1.807, 2.05) is 43.3 Å². The van der Waals surface area contributed by atoms with Crippen LogP contribution in [0.4, 0.5) is 4.79 Å². The van der Waals surface area contributed by atoms with Crippen LogP contribution in [0.1, 0.15) is 96.4 Å². The highest BCUT2D eigenvalue weighted by Gasteiger charge is 2.46. The molecule has 306 valence electrons. The Labute approximate surface area is 341 Å². The largest absolute Gasteiger partial charge is 0.460 e. The number of ether oxygens (including phenoxy) is 3. The number of carbonyl (C=O) groups is 5. The van der Waals surface area contributed by atoms with Gasteiger partial charge in [-0.1, -0.05) is 65.2 Å². The van der Waals surface area contributed by atoms with E-state index in [0.717, 1.165) is 10.9 Å². The summed E-state index contributed by atoms with van der Waals surface area (Å²) in [6.07, 6.45) is 4.77. The van der Waals surface area contributed by atoms with Gasteiger partial charge in [0.05, 0.1) is 34.9 Å². The molecule has 1 aliphatic heterocycles. The second-order valence-electron chi connectivity index (χ2n) is 15.2. The maximum absolute atomic E-state index is 14.1. The van der Waals surface area contributed by atoms with E-state index in [2.05, 4.69) is 16.1 Å². The van der Waals surface area contributed by atoms with Crippen LogP contribution in [-0.2, 0) is 33.4 Å². The van der Waals surface area contributed by atoms with Crippen molar-refractivity contribution in [2.45, 2.75) is 119 Å². The maximum atomic E-state index is 14.1. The fourth-order valence-corrected chi connectivity index (χ4v) is 6.92. The van der Waals surface area contributed by atoms with E-state index in [9.17, 15) is 29.1 Å². The number of alkyl halides is 3. The number of fused-ring (bicyclic) bond motifs is 1. The number of aliphatic hydroxyl groups is 1. The van der Waals surface area contributed by atoms with Crippen LogP contribution in [0.2, 0.25) is 0 Å². The Morgan fingerprint density at radius 3 is 2.36 bits per heavy atom.